The molecule has 0 spiro atoms. The average molecular weight is 641 g/mol. The van der Waals surface area contributed by atoms with E-state index in [2.05, 4.69) is 15.6 Å². The number of carbonyl (C=O) groups is 4. The monoisotopic (exact) mass is 640 g/mol. The molecular formula is C36H40N4O5S. The highest BCUT2D eigenvalue weighted by Gasteiger charge is 2.32. The Bertz CT molecular complexity index is 1580. The first-order valence-corrected chi connectivity index (χ1v) is 16.7. The lowest BCUT2D eigenvalue weighted by atomic mass is 9.95. The van der Waals surface area contributed by atoms with E-state index >= 15 is 0 Å². The highest BCUT2D eigenvalue weighted by atomic mass is 32.1. The molecule has 1 aromatic heterocycles. The second kappa shape index (κ2) is 16.7. The van der Waals surface area contributed by atoms with Gasteiger partial charge in [-0.1, -0.05) is 72.8 Å². The summed E-state index contributed by atoms with van der Waals surface area (Å²) in [6.45, 7) is 1.55. The van der Waals surface area contributed by atoms with Crippen molar-refractivity contribution >= 4 is 45.2 Å². The van der Waals surface area contributed by atoms with Gasteiger partial charge in [0.2, 0.25) is 17.6 Å². The fraction of sp³-hybridized carbons (Fsp3) is 0.361. The van der Waals surface area contributed by atoms with E-state index in [-0.39, 0.29) is 30.1 Å². The van der Waals surface area contributed by atoms with Crippen molar-refractivity contribution in [1.82, 2.24) is 20.5 Å². The summed E-state index contributed by atoms with van der Waals surface area (Å²) in [4.78, 5) is 58.7. The Morgan fingerprint density at radius 3 is 2.39 bits per heavy atom. The van der Waals surface area contributed by atoms with Crippen LogP contribution in [0.15, 0.2) is 84.9 Å². The molecule has 0 bridgehead atoms. The molecule has 2 N–H and O–H groups in total. The minimum Gasteiger partial charge on any atom is -0.445 e. The van der Waals surface area contributed by atoms with E-state index in [9.17, 15) is 19.2 Å². The molecule has 1 unspecified atom stereocenters. The van der Waals surface area contributed by atoms with Gasteiger partial charge in [0.15, 0.2) is 5.01 Å². The zero-order valence-electron chi connectivity index (χ0n) is 25.9. The van der Waals surface area contributed by atoms with Crippen LogP contribution in [0, 0.1) is 5.92 Å². The quantitative estimate of drug-likeness (QED) is 0.130. The molecule has 4 aromatic rings. The summed E-state index contributed by atoms with van der Waals surface area (Å²) in [5, 5.41) is 6.12. The van der Waals surface area contributed by atoms with Gasteiger partial charge in [0.05, 0.1) is 22.2 Å². The third-order valence-corrected chi connectivity index (χ3v) is 9.21. The number of para-hydroxylation sites is 1. The molecule has 1 aliphatic heterocycles. The average Bonchev–Trinajstić information content (AvgIpc) is 3.54. The van der Waals surface area contributed by atoms with Crippen LogP contribution in [-0.4, -0.2) is 59.3 Å². The SMILES string of the molecule is O=C(NCCCCC(NC(=O)[C@@H]1CCCN(C(=O)CCc2ccccc2)C1)C(=O)c1nc2ccccc2s1)OCc1ccccc1. The normalized spacial score (nSPS) is 15.2. The molecule has 9 nitrogen and oxygen atoms in total. The van der Waals surface area contributed by atoms with Crippen LogP contribution >= 0.6 is 11.3 Å². The van der Waals surface area contributed by atoms with Crippen LogP contribution in [-0.2, 0) is 27.4 Å². The van der Waals surface area contributed by atoms with Gasteiger partial charge in [0.1, 0.15) is 6.61 Å². The smallest absolute Gasteiger partial charge is 0.407 e. The topological polar surface area (TPSA) is 118 Å². The van der Waals surface area contributed by atoms with Gasteiger partial charge >= 0.3 is 6.09 Å². The summed E-state index contributed by atoms with van der Waals surface area (Å²) in [5.41, 5.74) is 2.76. The highest BCUT2D eigenvalue weighted by Crippen LogP contribution is 2.24. The van der Waals surface area contributed by atoms with Crippen molar-refractivity contribution in [1.29, 1.82) is 0 Å². The number of likely N-dealkylation sites (tertiary alicyclic amines) is 1. The molecule has 1 aliphatic rings. The number of alkyl carbamates (subject to hydrolysis) is 1. The molecule has 0 aliphatic carbocycles. The number of amides is 3. The number of fused-ring (bicyclic) bond motifs is 1. The number of aryl methyl sites for hydroxylation is 1. The summed E-state index contributed by atoms with van der Waals surface area (Å²) >= 11 is 1.32. The Morgan fingerprint density at radius 2 is 1.63 bits per heavy atom. The Hall–Kier alpha value is -4.57. The zero-order chi connectivity index (χ0) is 32.1. The summed E-state index contributed by atoms with van der Waals surface area (Å²) in [7, 11) is 0. The van der Waals surface area contributed by atoms with Gasteiger partial charge in [-0.05, 0) is 61.8 Å². The number of nitrogens with zero attached hydrogens (tertiary/aromatic N) is 2. The number of ketones is 1. The Kier molecular flexibility index (Phi) is 11.9. The van der Waals surface area contributed by atoms with Gasteiger partial charge in [-0.2, -0.15) is 0 Å². The maximum atomic E-state index is 13.7. The summed E-state index contributed by atoms with van der Waals surface area (Å²) in [5.74, 6) is -0.793. The lowest BCUT2D eigenvalue weighted by Crippen LogP contribution is -2.49. The van der Waals surface area contributed by atoms with Gasteiger partial charge in [-0.3, -0.25) is 14.4 Å². The lowest BCUT2D eigenvalue weighted by molar-refractivity contribution is -0.135. The Balaban J connectivity index is 1.15. The van der Waals surface area contributed by atoms with Crippen LogP contribution in [0.3, 0.4) is 0 Å². The fourth-order valence-corrected chi connectivity index (χ4v) is 6.55. The molecule has 46 heavy (non-hydrogen) atoms. The summed E-state index contributed by atoms with van der Waals surface area (Å²) in [6, 6.07) is 26.2. The summed E-state index contributed by atoms with van der Waals surface area (Å²) < 4.78 is 6.18. The van der Waals surface area contributed by atoms with E-state index in [1.807, 2.05) is 84.9 Å². The second-order valence-corrected chi connectivity index (χ2v) is 12.6. The van der Waals surface area contributed by atoms with Crippen LogP contribution < -0.4 is 10.6 Å². The van der Waals surface area contributed by atoms with E-state index in [1.54, 1.807) is 4.90 Å². The van der Waals surface area contributed by atoms with Gasteiger partial charge in [0, 0.05) is 26.1 Å². The maximum absolute atomic E-state index is 13.7. The first kappa shape index (κ1) is 32.8. The third-order valence-electron chi connectivity index (χ3n) is 8.15. The van der Waals surface area contributed by atoms with Crippen molar-refractivity contribution in [3.8, 4) is 0 Å². The van der Waals surface area contributed by atoms with Crippen LogP contribution in [0.5, 0.6) is 0 Å². The number of carbonyl (C=O) groups excluding carboxylic acids is 4. The molecule has 10 heteroatoms. The zero-order valence-corrected chi connectivity index (χ0v) is 26.7. The van der Waals surface area contributed by atoms with Gasteiger partial charge in [-0.25, -0.2) is 9.78 Å². The predicted octanol–water partition coefficient (Wildman–Crippen LogP) is 5.93. The van der Waals surface area contributed by atoms with Crippen molar-refractivity contribution in [2.45, 2.75) is 57.6 Å². The molecule has 1 fully saturated rings. The van der Waals surface area contributed by atoms with E-state index in [0.717, 1.165) is 27.8 Å². The minimum absolute atomic E-state index is 0.0400. The molecule has 2 atom stereocenters. The lowest BCUT2D eigenvalue weighted by Gasteiger charge is -2.33. The molecule has 240 valence electrons. The van der Waals surface area contributed by atoms with E-state index in [0.29, 0.717) is 63.2 Å². The van der Waals surface area contributed by atoms with E-state index < -0.39 is 12.1 Å². The van der Waals surface area contributed by atoms with Gasteiger partial charge < -0.3 is 20.3 Å². The number of rotatable bonds is 14. The number of hydrogen-bond acceptors (Lipinski definition) is 7. The molecule has 3 aromatic carbocycles. The third kappa shape index (κ3) is 9.47. The van der Waals surface area contributed by atoms with Crippen LogP contribution in [0.25, 0.3) is 10.2 Å². The first-order valence-electron chi connectivity index (χ1n) is 15.9. The summed E-state index contributed by atoms with van der Waals surface area (Å²) in [6.07, 6.45) is 3.54. The molecule has 0 saturated carbocycles. The number of piperidine rings is 1. The van der Waals surface area contributed by atoms with Crippen LogP contribution in [0.1, 0.15) is 59.5 Å². The molecule has 3 amide bonds. The van der Waals surface area contributed by atoms with E-state index in [4.69, 9.17) is 4.74 Å². The fourth-order valence-electron chi connectivity index (χ4n) is 5.59. The molecular weight excluding hydrogens is 600 g/mol. The first-order chi connectivity index (χ1) is 22.5. The predicted molar refractivity (Wildman–Crippen MR) is 178 cm³/mol. The second-order valence-electron chi connectivity index (χ2n) is 11.6. The van der Waals surface area contributed by atoms with Crippen molar-refractivity contribution < 1.29 is 23.9 Å². The number of benzene rings is 3. The molecule has 0 radical (unpaired) electrons. The molecule has 2 heterocycles. The van der Waals surface area contributed by atoms with Crippen LogP contribution in [0.2, 0.25) is 0 Å². The van der Waals surface area contributed by atoms with E-state index in [1.165, 1.54) is 11.3 Å². The van der Waals surface area contributed by atoms with Gasteiger partial charge in [0.25, 0.3) is 0 Å². The van der Waals surface area contributed by atoms with Crippen molar-refractivity contribution in [2.24, 2.45) is 5.92 Å². The number of nitrogens with one attached hydrogen (secondary N) is 2. The number of Topliss-reactive ketones (excluding diaryl/α,β-unsaturated/α-hetero) is 1. The number of thiazole rings is 1. The Labute approximate surface area is 273 Å². The molecule has 5 rings (SSSR count). The van der Waals surface area contributed by atoms with Crippen molar-refractivity contribution in [3.63, 3.8) is 0 Å². The number of unbranched alkanes of at least 4 members (excludes halogenated alkanes) is 1. The Morgan fingerprint density at radius 1 is 0.913 bits per heavy atom. The number of aromatic nitrogens is 1. The van der Waals surface area contributed by atoms with Gasteiger partial charge in [-0.15, -0.1) is 11.3 Å². The maximum Gasteiger partial charge on any atom is 0.407 e. The standard InChI is InChI=1S/C36H40N4O5S/c41-32(21-20-26-12-3-1-4-13-26)40-23-11-16-28(24-40)34(43)38-30(33(42)35-39-29-17-7-8-19-31(29)46-35)18-9-10-22-37-36(44)45-25-27-14-5-2-6-15-27/h1-8,12-15,17,19,28,30H,9-11,16,18,20-25H2,(H,37,44)(H,38,43)/t28-,30?/m1/s1. The number of hydrogen-bond donors (Lipinski definition) is 2. The van der Waals surface area contributed by atoms with Crippen molar-refractivity contribution in [3.05, 3.63) is 101 Å². The van der Waals surface area contributed by atoms with Crippen molar-refractivity contribution in [2.75, 3.05) is 19.6 Å². The number of ether oxygens (including phenoxy) is 1. The largest absolute Gasteiger partial charge is 0.445 e. The molecule has 1 saturated heterocycles. The minimum atomic E-state index is -0.762. The highest BCUT2D eigenvalue weighted by molar-refractivity contribution is 7.20. The van der Waals surface area contributed by atoms with Crippen LogP contribution in [0.4, 0.5) is 4.79 Å².